The monoisotopic (exact) mass is 364 g/mol. The molecule has 2 rings (SSSR count). The zero-order valence-electron chi connectivity index (χ0n) is 13.6. The Morgan fingerprint density at radius 1 is 1.12 bits per heavy atom. The van der Waals surface area contributed by atoms with Gasteiger partial charge in [0.05, 0.1) is 5.69 Å². The molecule has 2 aromatic rings. The second-order valence-corrected chi connectivity index (χ2v) is 6.27. The molecule has 2 aromatic carbocycles. The normalized spacial score (nSPS) is 11.6. The van der Waals surface area contributed by atoms with Crippen molar-refractivity contribution in [3.8, 4) is 0 Å². The van der Waals surface area contributed by atoms with E-state index in [1.165, 1.54) is 11.8 Å². The molecule has 1 atom stereocenters. The summed E-state index contributed by atoms with van der Waals surface area (Å²) < 4.78 is 26.7. The molecule has 2 N–H and O–H groups in total. The quantitative estimate of drug-likeness (QED) is 0.791. The summed E-state index contributed by atoms with van der Waals surface area (Å²) >= 11 is 1.53. The van der Waals surface area contributed by atoms with Crippen molar-refractivity contribution in [2.24, 2.45) is 0 Å². The number of nitrogens with one attached hydrogen (secondary N) is 2. The van der Waals surface area contributed by atoms with Crippen LogP contribution in [0, 0.1) is 11.6 Å². The van der Waals surface area contributed by atoms with Crippen molar-refractivity contribution in [1.29, 1.82) is 0 Å². The van der Waals surface area contributed by atoms with Crippen molar-refractivity contribution in [1.82, 2.24) is 5.32 Å². The SMILES string of the molecule is CSCC[C@H](NC(=O)c1ccccc1)C(=O)Nc1ccc(F)cc1F. The summed E-state index contributed by atoms with van der Waals surface area (Å²) in [6, 6.07) is 10.6. The molecule has 0 aliphatic carbocycles. The van der Waals surface area contributed by atoms with Crippen LogP contribution < -0.4 is 10.6 Å². The van der Waals surface area contributed by atoms with Crippen molar-refractivity contribution >= 4 is 29.3 Å². The number of hydrogen-bond donors (Lipinski definition) is 2. The molecule has 4 nitrogen and oxygen atoms in total. The lowest BCUT2D eigenvalue weighted by Gasteiger charge is -2.18. The molecule has 0 heterocycles. The number of carbonyl (C=O) groups is 2. The van der Waals surface area contributed by atoms with Gasteiger partial charge in [-0.05, 0) is 42.7 Å². The lowest BCUT2D eigenvalue weighted by atomic mass is 10.1. The van der Waals surface area contributed by atoms with Crippen molar-refractivity contribution in [2.45, 2.75) is 12.5 Å². The summed E-state index contributed by atoms with van der Waals surface area (Å²) in [5, 5.41) is 5.06. The number of carbonyl (C=O) groups excluding carboxylic acids is 2. The van der Waals surface area contributed by atoms with E-state index in [-0.39, 0.29) is 11.6 Å². The smallest absolute Gasteiger partial charge is 0.251 e. The number of anilines is 1. The predicted octanol–water partition coefficient (Wildman–Crippen LogP) is 3.46. The molecule has 0 aliphatic heterocycles. The van der Waals surface area contributed by atoms with Crippen molar-refractivity contribution < 1.29 is 18.4 Å². The highest BCUT2D eigenvalue weighted by atomic mass is 32.2. The van der Waals surface area contributed by atoms with Crippen LogP contribution >= 0.6 is 11.8 Å². The van der Waals surface area contributed by atoms with Crippen LogP contribution in [0.1, 0.15) is 16.8 Å². The van der Waals surface area contributed by atoms with Crippen LogP contribution in [0.5, 0.6) is 0 Å². The molecule has 0 bridgehead atoms. The lowest BCUT2D eigenvalue weighted by molar-refractivity contribution is -0.118. The van der Waals surface area contributed by atoms with Gasteiger partial charge >= 0.3 is 0 Å². The molecule has 2 amide bonds. The van der Waals surface area contributed by atoms with Gasteiger partial charge in [0, 0.05) is 11.6 Å². The first-order valence-corrected chi connectivity index (χ1v) is 9.01. The van der Waals surface area contributed by atoms with E-state index in [0.717, 1.165) is 12.1 Å². The van der Waals surface area contributed by atoms with Gasteiger partial charge in [-0.25, -0.2) is 8.78 Å². The standard InChI is InChI=1S/C18H18F2N2O2S/c1-25-10-9-16(22-17(23)12-5-3-2-4-6-12)18(24)21-15-8-7-13(19)11-14(15)20/h2-8,11,16H,9-10H2,1H3,(H,21,24)(H,22,23)/t16-/m0/s1. The Balaban J connectivity index is 2.10. The third-order valence-electron chi connectivity index (χ3n) is 3.46. The van der Waals surface area contributed by atoms with Gasteiger partial charge in [0.1, 0.15) is 17.7 Å². The fourth-order valence-corrected chi connectivity index (χ4v) is 2.62. The number of thioether (sulfide) groups is 1. The van der Waals surface area contributed by atoms with Gasteiger partial charge in [-0.3, -0.25) is 9.59 Å². The van der Waals surface area contributed by atoms with Gasteiger partial charge in [0.15, 0.2) is 0 Å². The first kappa shape index (κ1) is 18.9. The van der Waals surface area contributed by atoms with Gasteiger partial charge in [-0.2, -0.15) is 11.8 Å². The molecule has 0 aromatic heterocycles. The summed E-state index contributed by atoms with van der Waals surface area (Å²) in [6.45, 7) is 0. The molecular weight excluding hydrogens is 346 g/mol. The van der Waals surface area contributed by atoms with E-state index in [4.69, 9.17) is 0 Å². The Bertz CT molecular complexity index is 741. The average Bonchev–Trinajstić information content (AvgIpc) is 2.61. The molecule has 0 unspecified atom stereocenters. The van der Waals surface area contributed by atoms with Crippen molar-refractivity contribution in [3.63, 3.8) is 0 Å². The van der Waals surface area contributed by atoms with Crippen LogP contribution in [0.4, 0.5) is 14.5 Å². The zero-order valence-corrected chi connectivity index (χ0v) is 14.4. The minimum absolute atomic E-state index is 0.130. The van der Waals surface area contributed by atoms with Crippen LogP contribution in [0.3, 0.4) is 0 Å². The van der Waals surface area contributed by atoms with E-state index >= 15 is 0 Å². The average molecular weight is 364 g/mol. The lowest BCUT2D eigenvalue weighted by Crippen LogP contribution is -2.44. The fraction of sp³-hybridized carbons (Fsp3) is 0.222. The minimum Gasteiger partial charge on any atom is -0.340 e. The van der Waals surface area contributed by atoms with E-state index in [1.54, 1.807) is 30.3 Å². The molecule has 0 saturated heterocycles. The number of amides is 2. The highest BCUT2D eigenvalue weighted by Crippen LogP contribution is 2.16. The Kier molecular flexibility index (Phi) is 6.94. The Morgan fingerprint density at radius 2 is 1.84 bits per heavy atom. The van der Waals surface area contributed by atoms with Crippen LogP contribution in [0.15, 0.2) is 48.5 Å². The maximum Gasteiger partial charge on any atom is 0.251 e. The van der Waals surface area contributed by atoms with E-state index < -0.39 is 23.6 Å². The molecule has 0 aliphatic rings. The van der Waals surface area contributed by atoms with Crippen LogP contribution in [-0.2, 0) is 4.79 Å². The first-order chi connectivity index (χ1) is 12.0. The summed E-state index contributed by atoms with van der Waals surface area (Å²) in [4.78, 5) is 24.7. The molecule has 0 saturated carbocycles. The van der Waals surface area contributed by atoms with E-state index in [0.29, 0.717) is 23.8 Å². The van der Waals surface area contributed by atoms with Crippen LogP contribution in [0.25, 0.3) is 0 Å². The van der Waals surface area contributed by atoms with Crippen LogP contribution in [-0.4, -0.2) is 29.9 Å². The zero-order chi connectivity index (χ0) is 18.2. The van der Waals surface area contributed by atoms with Gasteiger partial charge < -0.3 is 10.6 Å². The number of rotatable bonds is 7. The van der Waals surface area contributed by atoms with Crippen LogP contribution in [0.2, 0.25) is 0 Å². The number of hydrogen-bond acceptors (Lipinski definition) is 3. The maximum atomic E-state index is 13.7. The first-order valence-electron chi connectivity index (χ1n) is 7.62. The topological polar surface area (TPSA) is 58.2 Å². The molecule has 7 heteroatoms. The second kappa shape index (κ2) is 9.17. The number of benzene rings is 2. The van der Waals surface area contributed by atoms with Gasteiger partial charge in [0.25, 0.3) is 5.91 Å². The second-order valence-electron chi connectivity index (χ2n) is 5.29. The number of halogens is 2. The third-order valence-corrected chi connectivity index (χ3v) is 4.10. The van der Waals surface area contributed by atoms with E-state index in [1.807, 2.05) is 6.26 Å². The minimum atomic E-state index is -0.869. The van der Waals surface area contributed by atoms with Gasteiger partial charge in [-0.15, -0.1) is 0 Å². The van der Waals surface area contributed by atoms with Crippen molar-refractivity contribution in [2.75, 3.05) is 17.3 Å². The largest absolute Gasteiger partial charge is 0.340 e. The summed E-state index contributed by atoms with van der Waals surface area (Å²) in [6.07, 6.45) is 2.27. The maximum absolute atomic E-state index is 13.7. The van der Waals surface area contributed by atoms with Gasteiger partial charge in [-0.1, -0.05) is 18.2 Å². The highest BCUT2D eigenvalue weighted by Gasteiger charge is 2.22. The Hall–Kier alpha value is -2.41. The summed E-state index contributed by atoms with van der Waals surface area (Å²) in [7, 11) is 0. The fourth-order valence-electron chi connectivity index (χ4n) is 2.15. The van der Waals surface area contributed by atoms with Gasteiger partial charge in [0.2, 0.25) is 5.91 Å². The molecule has 25 heavy (non-hydrogen) atoms. The molecule has 0 spiro atoms. The molecular formula is C18H18F2N2O2S. The third kappa shape index (κ3) is 5.56. The highest BCUT2D eigenvalue weighted by molar-refractivity contribution is 7.98. The van der Waals surface area contributed by atoms with Crippen molar-refractivity contribution in [3.05, 3.63) is 65.7 Å². The molecule has 0 fully saturated rings. The molecule has 0 radical (unpaired) electrons. The van der Waals surface area contributed by atoms with E-state index in [9.17, 15) is 18.4 Å². The molecule has 132 valence electrons. The summed E-state index contributed by atoms with van der Waals surface area (Å²) in [5.74, 6) is -1.90. The summed E-state index contributed by atoms with van der Waals surface area (Å²) in [5.41, 5.74) is 0.298. The predicted molar refractivity (Wildman–Crippen MR) is 95.7 cm³/mol. The van der Waals surface area contributed by atoms with E-state index in [2.05, 4.69) is 10.6 Å². The Morgan fingerprint density at radius 3 is 2.48 bits per heavy atom. The Labute approximate surface area is 149 Å².